The fourth-order valence-corrected chi connectivity index (χ4v) is 2.51. The predicted octanol–water partition coefficient (Wildman–Crippen LogP) is 3.20. The van der Waals surface area contributed by atoms with E-state index in [0.29, 0.717) is 29.3 Å². The highest BCUT2D eigenvalue weighted by molar-refractivity contribution is 7.85. The van der Waals surface area contributed by atoms with Crippen LogP contribution in [0.5, 0.6) is 0 Å². The highest BCUT2D eigenvalue weighted by Crippen LogP contribution is 2.25. The van der Waals surface area contributed by atoms with E-state index in [-0.39, 0.29) is 5.75 Å². The Morgan fingerprint density at radius 2 is 1.69 bits per heavy atom. The van der Waals surface area contributed by atoms with Crippen LogP contribution in [0.25, 0.3) is 0 Å². The van der Waals surface area contributed by atoms with Gasteiger partial charge in [0.05, 0.1) is 5.75 Å². The van der Waals surface area contributed by atoms with Gasteiger partial charge in [0.15, 0.2) is 0 Å². The molecule has 90 valence electrons. The van der Waals surface area contributed by atoms with E-state index < -0.39 is 10.1 Å². The Morgan fingerprint density at radius 1 is 1.12 bits per heavy atom. The molecule has 1 rings (SSSR count). The number of benzene rings is 1. The van der Waals surface area contributed by atoms with E-state index >= 15 is 0 Å². The molecule has 0 bridgehead atoms. The van der Waals surface area contributed by atoms with Crippen LogP contribution in [0.1, 0.15) is 18.4 Å². The summed E-state index contributed by atoms with van der Waals surface area (Å²) < 4.78 is 29.5. The van der Waals surface area contributed by atoms with E-state index in [1.807, 2.05) is 0 Å². The average Bonchev–Trinajstić information content (AvgIpc) is 2.14. The molecule has 0 fully saturated rings. The first kappa shape index (κ1) is 13.8. The molecule has 0 aliphatic heterocycles. The largest absolute Gasteiger partial charge is 0.286 e. The molecule has 0 unspecified atom stereocenters. The molecule has 1 aromatic rings. The van der Waals surface area contributed by atoms with Crippen LogP contribution in [0.2, 0.25) is 10.0 Å². The summed E-state index contributed by atoms with van der Waals surface area (Å²) in [7, 11) is -3.86. The zero-order chi connectivity index (χ0) is 12.2. The molecule has 0 saturated heterocycles. The Labute approximate surface area is 105 Å². The van der Waals surface area contributed by atoms with Gasteiger partial charge in [0, 0.05) is 10.0 Å². The van der Waals surface area contributed by atoms with E-state index in [1.165, 1.54) is 0 Å². The number of hydrogen-bond acceptors (Lipinski definition) is 2. The SMILES string of the molecule is O=S(=O)(O)CCCCc1c(Cl)cccc1Cl. The van der Waals surface area contributed by atoms with Crippen molar-refractivity contribution in [1.82, 2.24) is 0 Å². The van der Waals surface area contributed by atoms with Crippen LogP contribution in [0.15, 0.2) is 18.2 Å². The molecule has 6 heteroatoms. The number of unbranched alkanes of at least 4 members (excludes halogenated alkanes) is 1. The van der Waals surface area contributed by atoms with E-state index in [4.69, 9.17) is 27.8 Å². The first-order valence-corrected chi connectivity index (χ1v) is 7.15. The molecule has 1 N–H and O–H groups in total. The number of halogens is 2. The zero-order valence-electron chi connectivity index (χ0n) is 8.49. The molecule has 16 heavy (non-hydrogen) atoms. The van der Waals surface area contributed by atoms with Crippen molar-refractivity contribution >= 4 is 33.3 Å². The van der Waals surface area contributed by atoms with Crippen molar-refractivity contribution in [3.8, 4) is 0 Å². The topological polar surface area (TPSA) is 54.4 Å². The minimum Gasteiger partial charge on any atom is -0.286 e. The average molecular weight is 283 g/mol. The molecule has 0 spiro atoms. The minimum atomic E-state index is -3.86. The second kappa shape index (κ2) is 5.87. The lowest BCUT2D eigenvalue weighted by Gasteiger charge is -2.05. The van der Waals surface area contributed by atoms with Gasteiger partial charge in [-0.25, -0.2) is 0 Å². The monoisotopic (exact) mass is 282 g/mol. The van der Waals surface area contributed by atoms with Crippen molar-refractivity contribution < 1.29 is 13.0 Å². The third-order valence-electron chi connectivity index (χ3n) is 2.14. The standard InChI is InChI=1S/C10H12Cl2O3S/c11-9-5-3-6-10(12)8(9)4-1-2-7-16(13,14)15/h3,5-6H,1-2,4,7H2,(H,13,14,15). The van der Waals surface area contributed by atoms with Crippen molar-refractivity contribution in [1.29, 1.82) is 0 Å². The molecule has 0 saturated carbocycles. The molecule has 0 radical (unpaired) electrons. The van der Waals surface area contributed by atoms with E-state index in [9.17, 15) is 8.42 Å². The molecule has 0 atom stereocenters. The van der Waals surface area contributed by atoms with Gasteiger partial charge in [-0.15, -0.1) is 0 Å². The van der Waals surface area contributed by atoms with Crippen molar-refractivity contribution in [3.63, 3.8) is 0 Å². The summed E-state index contributed by atoms with van der Waals surface area (Å²) in [5, 5.41) is 1.17. The molecule has 0 aliphatic carbocycles. The van der Waals surface area contributed by atoms with E-state index in [0.717, 1.165) is 5.56 Å². The van der Waals surface area contributed by atoms with Gasteiger partial charge >= 0.3 is 0 Å². The molecule has 3 nitrogen and oxygen atoms in total. The Kier molecular flexibility index (Phi) is 5.05. The Hall–Kier alpha value is -0.290. The molecule has 0 aliphatic rings. The Balaban J connectivity index is 2.49. The quantitative estimate of drug-likeness (QED) is 0.667. The van der Waals surface area contributed by atoms with Crippen LogP contribution in [0.3, 0.4) is 0 Å². The van der Waals surface area contributed by atoms with Crippen LogP contribution >= 0.6 is 23.2 Å². The number of hydrogen-bond donors (Lipinski definition) is 1. The highest BCUT2D eigenvalue weighted by atomic mass is 35.5. The van der Waals surface area contributed by atoms with E-state index in [1.54, 1.807) is 18.2 Å². The van der Waals surface area contributed by atoms with Crippen LogP contribution in [0, 0.1) is 0 Å². The van der Waals surface area contributed by atoms with Crippen LogP contribution in [-0.2, 0) is 16.5 Å². The first-order chi connectivity index (χ1) is 7.40. The first-order valence-electron chi connectivity index (χ1n) is 4.78. The van der Waals surface area contributed by atoms with Crippen molar-refractivity contribution in [2.24, 2.45) is 0 Å². The zero-order valence-corrected chi connectivity index (χ0v) is 10.8. The maximum absolute atomic E-state index is 10.5. The lowest BCUT2D eigenvalue weighted by atomic mass is 10.1. The third kappa shape index (κ3) is 4.70. The normalized spacial score (nSPS) is 11.7. The van der Waals surface area contributed by atoms with Crippen LogP contribution in [0.4, 0.5) is 0 Å². The fourth-order valence-electron chi connectivity index (χ4n) is 1.36. The van der Waals surface area contributed by atoms with Gasteiger partial charge in [-0.2, -0.15) is 8.42 Å². The molecule has 0 amide bonds. The van der Waals surface area contributed by atoms with Gasteiger partial charge in [0.2, 0.25) is 0 Å². The van der Waals surface area contributed by atoms with Crippen molar-refractivity contribution in [3.05, 3.63) is 33.8 Å². The maximum atomic E-state index is 10.5. The summed E-state index contributed by atoms with van der Waals surface area (Å²) >= 11 is 11.9. The third-order valence-corrected chi connectivity index (χ3v) is 3.65. The van der Waals surface area contributed by atoms with Crippen molar-refractivity contribution in [2.75, 3.05) is 5.75 Å². The van der Waals surface area contributed by atoms with Crippen LogP contribution in [-0.4, -0.2) is 18.7 Å². The lowest BCUT2D eigenvalue weighted by Crippen LogP contribution is -2.04. The number of rotatable bonds is 5. The minimum absolute atomic E-state index is 0.227. The van der Waals surface area contributed by atoms with Gasteiger partial charge in [-0.05, 0) is 37.0 Å². The summed E-state index contributed by atoms with van der Waals surface area (Å²) in [6.07, 6.45) is 1.61. The fraction of sp³-hybridized carbons (Fsp3) is 0.400. The molecular formula is C10H12Cl2O3S. The molecular weight excluding hydrogens is 271 g/mol. The predicted molar refractivity (Wildman–Crippen MR) is 65.8 cm³/mol. The van der Waals surface area contributed by atoms with Gasteiger partial charge in [-0.1, -0.05) is 29.3 Å². The van der Waals surface area contributed by atoms with Gasteiger partial charge in [0.25, 0.3) is 10.1 Å². The highest BCUT2D eigenvalue weighted by Gasteiger charge is 2.07. The van der Waals surface area contributed by atoms with Gasteiger partial charge in [0.1, 0.15) is 0 Å². The van der Waals surface area contributed by atoms with Gasteiger partial charge in [-0.3, -0.25) is 4.55 Å². The second-order valence-corrected chi connectivity index (χ2v) is 5.83. The summed E-state index contributed by atoms with van der Waals surface area (Å²) in [4.78, 5) is 0. The Bertz CT molecular complexity index is 437. The van der Waals surface area contributed by atoms with Gasteiger partial charge < -0.3 is 0 Å². The molecule has 0 aromatic heterocycles. The lowest BCUT2D eigenvalue weighted by molar-refractivity contribution is 0.480. The van der Waals surface area contributed by atoms with Crippen molar-refractivity contribution in [2.45, 2.75) is 19.3 Å². The summed E-state index contributed by atoms with van der Waals surface area (Å²) in [5.41, 5.74) is 0.821. The molecule has 1 aromatic carbocycles. The van der Waals surface area contributed by atoms with Crippen LogP contribution < -0.4 is 0 Å². The summed E-state index contributed by atoms with van der Waals surface area (Å²) in [5.74, 6) is -0.227. The summed E-state index contributed by atoms with van der Waals surface area (Å²) in [6, 6.07) is 5.24. The Morgan fingerprint density at radius 3 is 2.19 bits per heavy atom. The molecule has 0 heterocycles. The second-order valence-electron chi connectivity index (χ2n) is 3.44. The smallest absolute Gasteiger partial charge is 0.264 e. The van der Waals surface area contributed by atoms with E-state index in [2.05, 4.69) is 0 Å². The maximum Gasteiger partial charge on any atom is 0.264 e. The summed E-state index contributed by atoms with van der Waals surface area (Å²) in [6.45, 7) is 0.